The summed E-state index contributed by atoms with van der Waals surface area (Å²) < 4.78 is 44.4. The van der Waals surface area contributed by atoms with Crippen molar-refractivity contribution in [3.05, 3.63) is 48.0 Å². The van der Waals surface area contributed by atoms with Gasteiger partial charge in [-0.05, 0) is 48.9 Å². The predicted octanol–water partition coefficient (Wildman–Crippen LogP) is 2.69. The maximum Gasteiger partial charge on any atom is 0.260 e. The molecule has 0 atom stereocenters. The third kappa shape index (κ3) is 6.00. The Balaban J connectivity index is 1.37. The van der Waals surface area contributed by atoms with Crippen LogP contribution in [0.1, 0.15) is 16.8 Å². The molecule has 12 heteroatoms. The van der Waals surface area contributed by atoms with Crippen LogP contribution in [0.2, 0.25) is 0 Å². The standard InChI is InChI=1S/C26H32N4O6S2/c1-34-21-5-8-23-24(19-21)37-26(27-23)30(10-2-9-28-11-15-35-16-12-28)25(31)20-3-6-22(7-4-20)38(32,33)29-13-17-36-18-14-29/h3-8,19H,2,9-18H2,1H3. The van der Waals surface area contributed by atoms with Crippen LogP contribution < -0.4 is 9.64 Å². The molecule has 0 N–H and O–H groups in total. The highest BCUT2D eigenvalue weighted by atomic mass is 32.2. The molecule has 3 heterocycles. The Morgan fingerprint density at radius 3 is 2.39 bits per heavy atom. The van der Waals surface area contributed by atoms with Crippen molar-refractivity contribution in [2.24, 2.45) is 0 Å². The maximum absolute atomic E-state index is 13.7. The van der Waals surface area contributed by atoms with Gasteiger partial charge in [0.2, 0.25) is 10.0 Å². The van der Waals surface area contributed by atoms with E-state index in [0.29, 0.717) is 43.5 Å². The fourth-order valence-electron chi connectivity index (χ4n) is 4.56. The first-order valence-corrected chi connectivity index (χ1v) is 15.0. The summed E-state index contributed by atoms with van der Waals surface area (Å²) in [5.41, 5.74) is 1.21. The highest BCUT2D eigenvalue weighted by Gasteiger charge is 2.27. The van der Waals surface area contributed by atoms with Gasteiger partial charge < -0.3 is 14.2 Å². The van der Waals surface area contributed by atoms with Crippen LogP contribution in [0.3, 0.4) is 0 Å². The number of anilines is 1. The molecule has 38 heavy (non-hydrogen) atoms. The first kappa shape index (κ1) is 27.0. The monoisotopic (exact) mass is 560 g/mol. The lowest BCUT2D eigenvalue weighted by molar-refractivity contribution is 0.0376. The van der Waals surface area contributed by atoms with Crippen molar-refractivity contribution in [3.8, 4) is 5.75 Å². The van der Waals surface area contributed by atoms with Crippen molar-refractivity contribution < 1.29 is 27.4 Å². The number of ether oxygens (including phenoxy) is 3. The number of sulfonamides is 1. The summed E-state index contributed by atoms with van der Waals surface area (Å²) in [5.74, 6) is 0.517. The molecule has 2 aromatic carbocycles. The number of nitrogens with zero attached hydrogens (tertiary/aromatic N) is 4. The molecular weight excluding hydrogens is 528 g/mol. The van der Waals surface area contributed by atoms with Crippen LogP contribution in [-0.2, 0) is 19.5 Å². The van der Waals surface area contributed by atoms with Crippen LogP contribution in [0.25, 0.3) is 10.2 Å². The molecule has 204 valence electrons. The van der Waals surface area contributed by atoms with E-state index >= 15 is 0 Å². The third-order valence-corrected chi connectivity index (χ3v) is 9.68. The van der Waals surface area contributed by atoms with Gasteiger partial charge in [-0.2, -0.15) is 4.31 Å². The summed E-state index contributed by atoms with van der Waals surface area (Å²) in [6.45, 7) is 5.95. The van der Waals surface area contributed by atoms with Crippen LogP contribution in [0.5, 0.6) is 5.75 Å². The Kier molecular flexibility index (Phi) is 8.56. The fraction of sp³-hybridized carbons (Fsp3) is 0.462. The van der Waals surface area contributed by atoms with Crippen molar-refractivity contribution >= 4 is 42.6 Å². The van der Waals surface area contributed by atoms with Crippen molar-refractivity contribution in [1.82, 2.24) is 14.2 Å². The number of hydrogen-bond donors (Lipinski definition) is 0. The van der Waals surface area contributed by atoms with Crippen LogP contribution in [-0.4, -0.2) is 101 Å². The van der Waals surface area contributed by atoms with E-state index in [-0.39, 0.29) is 10.8 Å². The highest BCUT2D eigenvalue weighted by Crippen LogP contribution is 2.32. The van der Waals surface area contributed by atoms with Gasteiger partial charge >= 0.3 is 0 Å². The van der Waals surface area contributed by atoms with Gasteiger partial charge in [0.1, 0.15) is 5.75 Å². The first-order chi connectivity index (χ1) is 18.5. The molecule has 0 spiro atoms. The lowest BCUT2D eigenvalue weighted by Gasteiger charge is -2.28. The van der Waals surface area contributed by atoms with Gasteiger partial charge in [-0.15, -0.1) is 0 Å². The van der Waals surface area contributed by atoms with Gasteiger partial charge in [0.25, 0.3) is 5.91 Å². The van der Waals surface area contributed by atoms with Gasteiger partial charge in [-0.3, -0.25) is 14.6 Å². The summed E-state index contributed by atoms with van der Waals surface area (Å²) in [4.78, 5) is 22.7. The number of benzene rings is 2. The zero-order valence-electron chi connectivity index (χ0n) is 21.4. The second-order valence-electron chi connectivity index (χ2n) is 9.14. The molecule has 2 saturated heterocycles. The van der Waals surface area contributed by atoms with Gasteiger partial charge in [-0.1, -0.05) is 11.3 Å². The smallest absolute Gasteiger partial charge is 0.260 e. The Hall–Kier alpha value is -2.61. The van der Waals surface area contributed by atoms with E-state index in [1.54, 1.807) is 24.1 Å². The average molecular weight is 561 g/mol. The number of rotatable bonds is 9. The molecule has 10 nitrogen and oxygen atoms in total. The van der Waals surface area contributed by atoms with Crippen LogP contribution in [0, 0.1) is 0 Å². The van der Waals surface area contributed by atoms with Gasteiger partial charge in [0.05, 0.1) is 48.6 Å². The molecule has 2 aliphatic heterocycles. The third-order valence-electron chi connectivity index (χ3n) is 6.73. The van der Waals surface area contributed by atoms with E-state index in [9.17, 15) is 13.2 Å². The quantitative estimate of drug-likeness (QED) is 0.394. The number of hydrogen-bond acceptors (Lipinski definition) is 9. The molecular formula is C26H32N4O6S2. The van der Waals surface area contributed by atoms with Gasteiger partial charge in [0.15, 0.2) is 5.13 Å². The molecule has 2 aliphatic rings. The summed E-state index contributed by atoms with van der Waals surface area (Å²) >= 11 is 1.44. The first-order valence-electron chi connectivity index (χ1n) is 12.7. The number of thiazole rings is 1. The van der Waals surface area contributed by atoms with E-state index in [2.05, 4.69) is 4.90 Å². The highest BCUT2D eigenvalue weighted by molar-refractivity contribution is 7.89. The lowest BCUT2D eigenvalue weighted by Crippen LogP contribution is -2.40. The Morgan fingerprint density at radius 1 is 1.03 bits per heavy atom. The summed E-state index contributed by atoms with van der Waals surface area (Å²) in [6, 6.07) is 11.8. The Labute approximate surface area is 226 Å². The summed E-state index contributed by atoms with van der Waals surface area (Å²) in [6.07, 6.45) is 0.772. The molecule has 1 aromatic heterocycles. The minimum atomic E-state index is -3.64. The molecule has 0 bridgehead atoms. The molecule has 0 radical (unpaired) electrons. The van der Waals surface area contributed by atoms with Gasteiger partial charge in [-0.25, -0.2) is 13.4 Å². The van der Waals surface area contributed by atoms with Crippen LogP contribution in [0.4, 0.5) is 5.13 Å². The van der Waals surface area contributed by atoms with Crippen LogP contribution in [0.15, 0.2) is 47.4 Å². The summed E-state index contributed by atoms with van der Waals surface area (Å²) in [5, 5.41) is 0.602. The number of aromatic nitrogens is 1. The van der Waals surface area contributed by atoms with Crippen molar-refractivity contribution in [1.29, 1.82) is 0 Å². The molecule has 0 unspecified atom stereocenters. The molecule has 3 aromatic rings. The number of carbonyl (C=O) groups is 1. The SMILES string of the molecule is COc1ccc2nc(N(CCCN3CCOCC3)C(=O)c3ccc(S(=O)(=O)N4CCOCC4)cc3)sc2c1. The minimum Gasteiger partial charge on any atom is -0.497 e. The average Bonchev–Trinajstić information content (AvgIpc) is 3.39. The number of carbonyl (C=O) groups excluding carboxylic acids is 1. The molecule has 0 aliphatic carbocycles. The molecule has 0 saturated carbocycles. The van der Waals surface area contributed by atoms with Crippen molar-refractivity contribution in [2.75, 3.05) is 77.7 Å². The second kappa shape index (κ2) is 12.1. The van der Waals surface area contributed by atoms with Crippen molar-refractivity contribution in [2.45, 2.75) is 11.3 Å². The molecule has 1 amide bonds. The topological polar surface area (TPSA) is 102 Å². The molecule has 2 fully saturated rings. The zero-order valence-corrected chi connectivity index (χ0v) is 23.0. The normalized spacial score (nSPS) is 17.5. The minimum absolute atomic E-state index is 0.168. The lowest BCUT2D eigenvalue weighted by atomic mass is 10.2. The summed E-state index contributed by atoms with van der Waals surface area (Å²) in [7, 11) is -2.02. The van der Waals surface area contributed by atoms with Crippen LogP contribution >= 0.6 is 11.3 Å². The Bertz CT molecular complexity index is 1350. The predicted molar refractivity (Wildman–Crippen MR) is 146 cm³/mol. The second-order valence-corrected chi connectivity index (χ2v) is 12.1. The van der Waals surface area contributed by atoms with E-state index in [0.717, 1.165) is 55.2 Å². The largest absolute Gasteiger partial charge is 0.497 e. The zero-order chi connectivity index (χ0) is 26.5. The molecule has 5 rings (SSSR count). The number of fused-ring (bicyclic) bond motifs is 1. The van der Waals surface area contributed by atoms with Gasteiger partial charge in [0, 0.05) is 44.8 Å². The fourth-order valence-corrected chi connectivity index (χ4v) is 6.98. The maximum atomic E-state index is 13.7. The number of amides is 1. The van der Waals surface area contributed by atoms with E-state index in [1.807, 2.05) is 18.2 Å². The number of methoxy groups -OCH3 is 1. The van der Waals surface area contributed by atoms with E-state index in [4.69, 9.17) is 19.2 Å². The van der Waals surface area contributed by atoms with Crippen molar-refractivity contribution in [3.63, 3.8) is 0 Å². The van der Waals surface area contributed by atoms with E-state index in [1.165, 1.54) is 27.8 Å². The Morgan fingerprint density at radius 2 is 1.71 bits per heavy atom. The number of morpholine rings is 2. The van der Waals surface area contributed by atoms with E-state index < -0.39 is 10.0 Å².